The molecule has 0 fully saturated rings. The van der Waals surface area contributed by atoms with Crippen LogP contribution in [0.4, 0.5) is 0 Å². The van der Waals surface area contributed by atoms with Crippen molar-refractivity contribution < 1.29 is 9.53 Å². The molecule has 140 valence electrons. The summed E-state index contributed by atoms with van der Waals surface area (Å²) in [5.74, 6) is 1.68. The van der Waals surface area contributed by atoms with Crippen molar-refractivity contribution in [2.24, 2.45) is 4.99 Å². The minimum Gasteiger partial charge on any atom is -0.497 e. The fraction of sp³-hybridized carbons (Fsp3) is 0.368. The van der Waals surface area contributed by atoms with Crippen LogP contribution in [0, 0.1) is 0 Å². The van der Waals surface area contributed by atoms with Gasteiger partial charge in [-0.15, -0.1) is 0 Å². The van der Waals surface area contributed by atoms with Gasteiger partial charge in [-0.05, 0) is 46.5 Å². The first kappa shape index (κ1) is 19.8. The lowest BCUT2D eigenvalue weighted by atomic mass is 10.1. The van der Waals surface area contributed by atoms with Crippen molar-refractivity contribution in [1.82, 2.24) is 16.0 Å². The fourth-order valence-electron chi connectivity index (χ4n) is 2.37. The molecule has 0 saturated carbocycles. The Morgan fingerprint density at radius 2 is 2.04 bits per heavy atom. The van der Waals surface area contributed by atoms with Gasteiger partial charge in [0.15, 0.2) is 5.96 Å². The molecule has 0 bridgehead atoms. The third-order valence-corrected chi connectivity index (χ3v) is 4.65. The summed E-state index contributed by atoms with van der Waals surface area (Å²) in [6, 6.07) is 9.23. The number of benzene rings is 1. The number of carbonyl (C=O) groups excluding carboxylic acids is 1. The Hall–Kier alpha value is -2.54. The molecule has 0 aliphatic carbocycles. The molecular formula is C19H26N4O2S. The van der Waals surface area contributed by atoms with Gasteiger partial charge >= 0.3 is 0 Å². The van der Waals surface area contributed by atoms with Crippen LogP contribution in [0.3, 0.4) is 0 Å². The minimum atomic E-state index is -0.125. The van der Waals surface area contributed by atoms with E-state index in [9.17, 15) is 4.79 Å². The summed E-state index contributed by atoms with van der Waals surface area (Å²) in [5.41, 5.74) is 1.90. The first-order valence-electron chi connectivity index (χ1n) is 8.53. The molecule has 1 aromatic heterocycles. The van der Waals surface area contributed by atoms with Crippen LogP contribution < -0.4 is 20.7 Å². The summed E-state index contributed by atoms with van der Waals surface area (Å²) in [4.78, 5) is 16.3. The average Bonchev–Trinajstić information content (AvgIpc) is 3.22. The quantitative estimate of drug-likeness (QED) is 0.377. The molecule has 1 heterocycles. The van der Waals surface area contributed by atoms with Gasteiger partial charge in [0, 0.05) is 32.2 Å². The van der Waals surface area contributed by atoms with Crippen molar-refractivity contribution in [1.29, 1.82) is 0 Å². The van der Waals surface area contributed by atoms with Gasteiger partial charge < -0.3 is 20.7 Å². The molecule has 2 rings (SSSR count). The molecule has 1 unspecified atom stereocenters. The number of aliphatic imine (C=N–C) groups is 1. The first-order chi connectivity index (χ1) is 12.6. The van der Waals surface area contributed by atoms with E-state index in [1.807, 2.05) is 6.07 Å². The zero-order chi connectivity index (χ0) is 18.8. The highest BCUT2D eigenvalue weighted by molar-refractivity contribution is 7.07. The van der Waals surface area contributed by atoms with E-state index < -0.39 is 0 Å². The van der Waals surface area contributed by atoms with Gasteiger partial charge in [0.2, 0.25) is 0 Å². The normalized spacial score (nSPS) is 12.3. The number of carbonyl (C=O) groups is 1. The van der Waals surface area contributed by atoms with Crippen LogP contribution >= 0.6 is 11.3 Å². The van der Waals surface area contributed by atoms with Crippen molar-refractivity contribution in [3.8, 4) is 5.75 Å². The Morgan fingerprint density at radius 3 is 2.73 bits per heavy atom. The van der Waals surface area contributed by atoms with Crippen molar-refractivity contribution in [2.75, 3.05) is 33.8 Å². The summed E-state index contributed by atoms with van der Waals surface area (Å²) >= 11 is 1.71. The zero-order valence-corrected chi connectivity index (χ0v) is 16.2. The van der Waals surface area contributed by atoms with Crippen LogP contribution in [0.5, 0.6) is 5.75 Å². The molecule has 0 radical (unpaired) electrons. The van der Waals surface area contributed by atoms with Crippen molar-refractivity contribution in [2.45, 2.75) is 12.8 Å². The molecule has 0 aliphatic heterocycles. The number of nitrogens with one attached hydrogen (secondary N) is 3. The van der Waals surface area contributed by atoms with Crippen LogP contribution in [-0.4, -0.2) is 45.7 Å². The number of methoxy groups -OCH3 is 1. The second-order valence-corrected chi connectivity index (χ2v) is 6.61. The monoisotopic (exact) mass is 374 g/mol. The van der Waals surface area contributed by atoms with E-state index in [0.717, 1.165) is 12.5 Å². The number of hydrogen-bond donors (Lipinski definition) is 3. The Kier molecular flexibility index (Phi) is 7.95. The van der Waals surface area contributed by atoms with Gasteiger partial charge in [0.25, 0.3) is 5.91 Å². The topological polar surface area (TPSA) is 74.8 Å². The SMILES string of the molecule is CN=C(NCCNC(=O)c1cccc(OC)c1)NCC(C)c1ccsc1. The molecule has 7 heteroatoms. The highest BCUT2D eigenvalue weighted by atomic mass is 32.1. The summed E-state index contributed by atoms with van der Waals surface area (Å²) in [6.45, 7) is 4.06. The largest absolute Gasteiger partial charge is 0.497 e. The number of hydrogen-bond acceptors (Lipinski definition) is 4. The maximum atomic E-state index is 12.1. The number of rotatable bonds is 8. The second kappa shape index (κ2) is 10.5. The molecule has 1 amide bonds. The van der Waals surface area contributed by atoms with Gasteiger partial charge in [0.1, 0.15) is 5.75 Å². The van der Waals surface area contributed by atoms with Crippen LogP contribution in [0.15, 0.2) is 46.1 Å². The third-order valence-electron chi connectivity index (χ3n) is 3.95. The smallest absolute Gasteiger partial charge is 0.251 e. The first-order valence-corrected chi connectivity index (χ1v) is 9.47. The maximum absolute atomic E-state index is 12.1. The van der Waals surface area contributed by atoms with E-state index in [4.69, 9.17) is 4.74 Å². The molecule has 0 spiro atoms. The van der Waals surface area contributed by atoms with Gasteiger partial charge in [-0.2, -0.15) is 11.3 Å². The van der Waals surface area contributed by atoms with E-state index in [-0.39, 0.29) is 5.91 Å². The van der Waals surface area contributed by atoms with E-state index >= 15 is 0 Å². The average molecular weight is 375 g/mol. The van der Waals surface area contributed by atoms with Crippen LogP contribution in [0.1, 0.15) is 28.8 Å². The van der Waals surface area contributed by atoms with Crippen LogP contribution in [0.2, 0.25) is 0 Å². The lowest BCUT2D eigenvalue weighted by Gasteiger charge is -2.15. The Morgan fingerprint density at radius 1 is 1.23 bits per heavy atom. The molecule has 2 aromatic rings. The van der Waals surface area contributed by atoms with E-state index in [1.165, 1.54) is 5.56 Å². The Balaban J connectivity index is 1.69. The summed E-state index contributed by atoms with van der Waals surface area (Å²) in [7, 11) is 3.32. The van der Waals surface area contributed by atoms with E-state index in [2.05, 4.69) is 44.7 Å². The molecule has 1 aromatic carbocycles. The third kappa shape index (κ3) is 6.07. The van der Waals surface area contributed by atoms with E-state index in [1.54, 1.807) is 43.7 Å². The minimum absolute atomic E-state index is 0.125. The van der Waals surface area contributed by atoms with Gasteiger partial charge in [-0.25, -0.2) is 0 Å². The lowest BCUT2D eigenvalue weighted by Crippen LogP contribution is -2.42. The summed E-state index contributed by atoms with van der Waals surface area (Å²) in [5, 5.41) is 13.6. The molecule has 6 nitrogen and oxygen atoms in total. The standard InChI is InChI=1S/C19H26N4O2S/c1-14(16-7-10-26-13-16)12-23-19(20-2)22-9-8-21-18(24)15-5-4-6-17(11-15)25-3/h4-7,10-11,13-14H,8-9,12H2,1-3H3,(H,21,24)(H2,20,22,23). The summed E-state index contributed by atoms with van der Waals surface area (Å²) in [6.07, 6.45) is 0. The molecule has 0 aliphatic rings. The number of thiophene rings is 1. The molecule has 26 heavy (non-hydrogen) atoms. The Bertz CT molecular complexity index is 716. The molecule has 3 N–H and O–H groups in total. The fourth-order valence-corrected chi connectivity index (χ4v) is 3.15. The van der Waals surface area contributed by atoms with Crippen molar-refractivity contribution in [3.63, 3.8) is 0 Å². The predicted molar refractivity (Wildman–Crippen MR) is 107 cm³/mol. The molecule has 1 atom stereocenters. The lowest BCUT2D eigenvalue weighted by molar-refractivity contribution is 0.0954. The van der Waals surface area contributed by atoms with Crippen LogP contribution in [0.25, 0.3) is 0 Å². The molecular weight excluding hydrogens is 348 g/mol. The zero-order valence-electron chi connectivity index (χ0n) is 15.4. The number of guanidine groups is 1. The summed E-state index contributed by atoms with van der Waals surface area (Å²) < 4.78 is 5.13. The molecule has 0 saturated heterocycles. The number of nitrogens with zero attached hydrogens (tertiary/aromatic N) is 1. The maximum Gasteiger partial charge on any atom is 0.251 e. The van der Waals surface area contributed by atoms with Gasteiger partial charge in [0.05, 0.1) is 7.11 Å². The van der Waals surface area contributed by atoms with Crippen molar-refractivity contribution >= 4 is 23.2 Å². The highest BCUT2D eigenvalue weighted by Crippen LogP contribution is 2.17. The van der Waals surface area contributed by atoms with Crippen molar-refractivity contribution in [3.05, 3.63) is 52.2 Å². The van der Waals surface area contributed by atoms with Gasteiger partial charge in [-0.1, -0.05) is 13.0 Å². The Labute approximate surface area is 158 Å². The highest BCUT2D eigenvalue weighted by Gasteiger charge is 2.08. The predicted octanol–water partition coefficient (Wildman–Crippen LogP) is 2.46. The van der Waals surface area contributed by atoms with Gasteiger partial charge in [-0.3, -0.25) is 9.79 Å². The van der Waals surface area contributed by atoms with Crippen LogP contribution in [-0.2, 0) is 0 Å². The van der Waals surface area contributed by atoms with E-state index in [0.29, 0.717) is 30.3 Å². The number of ether oxygens (including phenoxy) is 1. The second-order valence-electron chi connectivity index (χ2n) is 5.83. The number of amides is 1.